The second-order valence-corrected chi connectivity index (χ2v) is 4.38. The molecule has 0 radical (unpaired) electrons. The van der Waals surface area contributed by atoms with Crippen LogP contribution in [0, 0.1) is 0 Å². The molecule has 88 valence electrons. The first kappa shape index (κ1) is 11.5. The van der Waals surface area contributed by atoms with Crippen molar-refractivity contribution in [3.63, 3.8) is 0 Å². The third-order valence-electron chi connectivity index (χ3n) is 2.92. The van der Waals surface area contributed by atoms with E-state index in [0.29, 0.717) is 0 Å². The zero-order valence-corrected chi connectivity index (χ0v) is 9.20. The molecule has 4 heteroatoms. The number of rotatable bonds is 2. The third kappa shape index (κ3) is 1.94. The lowest BCUT2D eigenvalue weighted by Gasteiger charge is -2.09. The summed E-state index contributed by atoms with van der Waals surface area (Å²) in [5.74, 6) is 0. The van der Waals surface area contributed by atoms with Crippen LogP contribution in [0.4, 0.5) is 13.2 Å². The van der Waals surface area contributed by atoms with E-state index in [1.54, 1.807) is 38.1 Å². The van der Waals surface area contributed by atoms with E-state index in [1.165, 1.54) is 4.90 Å². The van der Waals surface area contributed by atoms with Crippen LogP contribution in [0.5, 0.6) is 0 Å². The Kier molecular flexibility index (Phi) is 2.70. The lowest BCUT2D eigenvalue weighted by Crippen LogP contribution is -2.24. The standard InChI is InChI=1S/C12H14F3N/c1-8(2)16-10(11(16)12(13,14)15)9-6-4-3-5-7-9/h3-8,10-11H,1-2H3/t10-,11+,16?/m1/s1. The molecule has 1 aliphatic rings. The minimum atomic E-state index is -4.13. The fourth-order valence-corrected chi connectivity index (χ4v) is 2.24. The SMILES string of the molecule is CC(C)N1[C@H](c2ccccc2)[C@H]1C(F)(F)F. The molecular weight excluding hydrogens is 215 g/mol. The molecular formula is C12H14F3N. The van der Waals surface area contributed by atoms with Gasteiger partial charge >= 0.3 is 6.18 Å². The molecule has 1 nitrogen and oxygen atoms in total. The van der Waals surface area contributed by atoms with Crippen LogP contribution in [0.15, 0.2) is 30.3 Å². The highest BCUT2D eigenvalue weighted by Gasteiger charge is 2.63. The van der Waals surface area contributed by atoms with Crippen LogP contribution in [-0.2, 0) is 0 Å². The highest BCUT2D eigenvalue weighted by molar-refractivity contribution is 5.28. The van der Waals surface area contributed by atoms with Crippen LogP contribution in [0.3, 0.4) is 0 Å². The third-order valence-corrected chi connectivity index (χ3v) is 2.92. The van der Waals surface area contributed by atoms with Gasteiger partial charge in [0.2, 0.25) is 0 Å². The molecule has 0 aromatic heterocycles. The van der Waals surface area contributed by atoms with Gasteiger partial charge in [0.1, 0.15) is 6.04 Å². The lowest BCUT2D eigenvalue weighted by molar-refractivity contribution is -0.138. The Morgan fingerprint density at radius 3 is 2.06 bits per heavy atom. The number of halogens is 3. The Bertz CT molecular complexity index is 358. The molecule has 1 fully saturated rings. The zero-order valence-electron chi connectivity index (χ0n) is 9.20. The van der Waals surface area contributed by atoms with Gasteiger partial charge in [-0.25, -0.2) is 0 Å². The van der Waals surface area contributed by atoms with Crippen molar-refractivity contribution >= 4 is 0 Å². The summed E-state index contributed by atoms with van der Waals surface area (Å²) in [6.07, 6.45) is -4.13. The van der Waals surface area contributed by atoms with E-state index >= 15 is 0 Å². The van der Waals surface area contributed by atoms with Gasteiger partial charge in [-0.15, -0.1) is 0 Å². The fourth-order valence-electron chi connectivity index (χ4n) is 2.24. The Morgan fingerprint density at radius 2 is 1.69 bits per heavy atom. The molecule has 0 saturated carbocycles. The van der Waals surface area contributed by atoms with Crippen molar-refractivity contribution in [1.29, 1.82) is 0 Å². The minimum Gasteiger partial charge on any atom is -0.279 e. The maximum Gasteiger partial charge on any atom is 0.405 e. The average Bonchev–Trinajstić information content (AvgIpc) is 2.93. The summed E-state index contributed by atoms with van der Waals surface area (Å²) < 4.78 is 38.2. The van der Waals surface area contributed by atoms with E-state index in [1.807, 2.05) is 6.07 Å². The zero-order chi connectivity index (χ0) is 11.9. The Labute approximate surface area is 92.9 Å². The topological polar surface area (TPSA) is 3.01 Å². The predicted molar refractivity (Wildman–Crippen MR) is 56.0 cm³/mol. The average molecular weight is 229 g/mol. The van der Waals surface area contributed by atoms with Crippen LogP contribution < -0.4 is 0 Å². The molecule has 1 saturated heterocycles. The van der Waals surface area contributed by atoms with Crippen LogP contribution in [0.25, 0.3) is 0 Å². The molecule has 0 aliphatic carbocycles. The minimum absolute atomic E-state index is 0.0863. The number of hydrogen-bond donors (Lipinski definition) is 0. The lowest BCUT2D eigenvalue weighted by atomic mass is 10.1. The molecule has 1 aromatic carbocycles. The monoisotopic (exact) mass is 229 g/mol. The molecule has 16 heavy (non-hydrogen) atoms. The first-order chi connectivity index (χ1) is 7.43. The Hall–Kier alpha value is -1.03. The van der Waals surface area contributed by atoms with Gasteiger partial charge in [-0.3, -0.25) is 4.90 Å². The molecule has 2 rings (SSSR count). The van der Waals surface area contributed by atoms with Gasteiger partial charge in [0.25, 0.3) is 0 Å². The van der Waals surface area contributed by atoms with Crippen molar-refractivity contribution in [3.8, 4) is 0 Å². The molecule has 0 amide bonds. The summed E-state index contributed by atoms with van der Waals surface area (Å²) in [5, 5.41) is 0. The van der Waals surface area contributed by atoms with E-state index in [4.69, 9.17) is 0 Å². The normalized spacial score (nSPS) is 29.5. The largest absolute Gasteiger partial charge is 0.405 e. The van der Waals surface area contributed by atoms with Crippen LogP contribution in [-0.4, -0.2) is 23.2 Å². The number of alkyl halides is 3. The fraction of sp³-hybridized carbons (Fsp3) is 0.500. The highest BCUT2D eigenvalue weighted by Crippen LogP contribution is 2.52. The number of benzene rings is 1. The van der Waals surface area contributed by atoms with Gasteiger partial charge in [0, 0.05) is 6.04 Å². The van der Waals surface area contributed by atoms with Crippen molar-refractivity contribution < 1.29 is 13.2 Å². The van der Waals surface area contributed by atoms with E-state index in [2.05, 4.69) is 0 Å². The first-order valence-electron chi connectivity index (χ1n) is 5.32. The quantitative estimate of drug-likeness (QED) is 0.702. The van der Waals surface area contributed by atoms with Crippen molar-refractivity contribution in [2.24, 2.45) is 0 Å². The number of nitrogens with zero attached hydrogens (tertiary/aromatic N) is 1. The van der Waals surface area contributed by atoms with E-state index in [9.17, 15) is 13.2 Å². The summed E-state index contributed by atoms with van der Waals surface area (Å²) >= 11 is 0. The molecule has 0 spiro atoms. The summed E-state index contributed by atoms with van der Waals surface area (Å²) in [6.45, 7) is 3.59. The second-order valence-electron chi connectivity index (χ2n) is 4.38. The summed E-state index contributed by atoms with van der Waals surface area (Å²) in [7, 11) is 0. The van der Waals surface area contributed by atoms with Gasteiger partial charge in [0.05, 0.1) is 6.04 Å². The van der Waals surface area contributed by atoms with Crippen LogP contribution >= 0.6 is 0 Å². The van der Waals surface area contributed by atoms with Crippen molar-refractivity contribution in [2.45, 2.75) is 38.1 Å². The van der Waals surface area contributed by atoms with Gasteiger partial charge < -0.3 is 0 Å². The summed E-state index contributed by atoms with van der Waals surface area (Å²) in [4.78, 5) is 1.50. The van der Waals surface area contributed by atoms with Crippen LogP contribution in [0.1, 0.15) is 25.5 Å². The Balaban J connectivity index is 2.23. The molecule has 0 N–H and O–H groups in total. The molecule has 3 atom stereocenters. The van der Waals surface area contributed by atoms with E-state index in [-0.39, 0.29) is 6.04 Å². The van der Waals surface area contributed by atoms with E-state index < -0.39 is 18.3 Å². The van der Waals surface area contributed by atoms with E-state index in [0.717, 1.165) is 5.56 Å². The molecule has 1 heterocycles. The van der Waals surface area contributed by atoms with Crippen molar-refractivity contribution in [2.75, 3.05) is 0 Å². The first-order valence-corrected chi connectivity index (χ1v) is 5.32. The summed E-state index contributed by atoms with van der Waals surface area (Å²) in [6, 6.07) is 6.98. The molecule has 0 bridgehead atoms. The smallest absolute Gasteiger partial charge is 0.279 e. The maximum absolute atomic E-state index is 12.7. The van der Waals surface area contributed by atoms with Gasteiger partial charge in [-0.2, -0.15) is 13.2 Å². The van der Waals surface area contributed by atoms with Gasteiger partial charge in [0.15, 0.2) is 0 Å². The van der Waals surface area contributed by atoms with Gasteiger partial charge in [-0.1, -0.05) is 30.3 Å². The van der Waals surface area contributed by atoms with Crippen molar-refractivity contribution in [3.05, 3.63) is 35.9 Å². The molecule has 1 aromatic rings. The molecule has 1 unspecified atom stereocenters. The summed E-state index contributed by atoms with van der Waals surface area (Å²) in [5.41, 5.74) is 0.749. The van der Waals surface area contributed by atoms with Crippen molar-refractivity contribution in [1.82, 2.24) is 4.90 Å². The number of hydrogen-bond acceptors (Lipinski definition) is 1. The molecule has 1 aliphatic heterocycles. The Morgan fingerprint density at radius 1 is 1.12 bits per heavy atom. The van der Waals surface area contributed by atoms with Gasteiger partial charge in [-0.05, 0) is 19.4 Å². The van der Waals surface area contributed by atoms with Crippen LogP contribution in [0.2, 0.25) is 0 Å². The maximum atomic E-state index is 12.7. The predicted octanol–water partition coefficient (Wildman–Crippen LogP) is 3.38. The highest BCUT2D eigenvalue weighted by atomic mass is 19.4. The second kappa shape index (κ2) is 3.77.